The lowest BCUT2D eigenvalue weighted by molar-refractivity contribution is -0.385. The average Bonchev–Trinajstić information content (AvgIpc) is 2.70. The highest BCUT2D eigenvalue weighted by molar-refractivity contribution is 6.30. The molecule has 0 fully saturated rings. The quantitative estimate of drug-likeness (QED) is 0.291. The summed E-state index contributed by atoms with van der Waals surface area (Å²) in [6.45, 7) is 0. The smallest absolute Gasteiger partial charge is 0.350 e. The second-order valence-corrected chi connectivity index (χ2v) is 6.09. The summed E-state index contributed by atoms with van der Waals surface area (Å²) in [4.78, 5) is 34.7. The zero-order valence-electron chi connectivity index (χ0n) is 14.3. The van der Waals surface area contributed by atoms with E-state index in [-0.39, 0.29) is 22.9 Å². The van der Waals surface area contributed by atoms with Gasteiger partial charge >= 0.3 is 5.97 Å². The number of rotatable bonds is 5. The van der Waals surface area contributed by atoms with E-state index in [4.69, 9.17) is 16.3 Å². The van der Waals surface area contributed by atoms with Gasteiger partial charge in [0.2, 0.25) is 0 Å². The number of amides is 1. The standard InChI is InChI=1S/C20H13ClN2O5/c21-14-7-5-13(6-8-14)19(24)22-15-9-11-16(12-10-15)28-20(25)17-3-1-2-4-18(17)23(26)27/h1-12H,(H,22,24). The minimum absolute atomic E-state index is 0.146. The normalized spacial score (nSPS) is 10.2. The van der Waals surface area contributed by atoms with E-state index in [9.17, 15) is 19.7 Å². The lowest BCUT2D eigenvalue weighted by Gasteiger charge is -2.08. The number of ether oxygens (including phenoxy) is 1. The molecule has 3 aromatic carbocycles. The lowest BCUT2D eigenvalue weighted by Crippen LogP contribution is -2.12. The van der Waals surface area contributed by atoms with Gasteiger partial charge in [-0.25, -0.2) is 4.79 Å². The zero-order valence-corrected chi connectivity index (χ0v) is 15.1. The third kappa shape index (κ3) is 4.52. The first-order valence-corrected chi connectivity index (χ1v) is 8.44. The first-order chi connectivity index (χ1) is 13.4. The number of hydrogen-bond acceptors (Lipinski definition) is 5. The number of para-hydroxylation sites is 1. The van der Waals surface area contributed by atoms with Gasteiger partial charge in [0.15, 0.2) is 0 Å². The molecule has 0 heterocycles. The molecule has 1 N–H and O–H groups in total. The Hall–Kier alpha value is -3.71. The fourth-order valence-electron chi connectivity index (χ4n) is 2.38. The summed E-state index contributed by atoms with van der Waals surface area (Å²) in [5.74, 6) is -0.973. The average molecular weight is 397 g/mol. The van der Waals surface area contributed by atoms with Gasteiger partial charge in [0.25, 0.3) is 11.6 Å². The molecule has 0 aliphatic rings. The Morgan fingerprint density at radius 3 is 2.21 bits per heavy atom. The summed E-state index contributed by atoms with van der Waals surface area (Å²) in [6.07, 6.45) is 0. The Morgan fingerprint density at radius 2 is 1.57 bits per heavy atom. The van der Waals surface area contributed by atoms with Crippen LogP contribution >= 0.6 is 11.6 Å². The Balaban J connectivity index is 1.68. The van der Waals surface area contributed by atoms with Crippen molar-refractivity contribution in [3.63, 3.8) is 0 Å². The molecule has 0 atom stereocenters. The van der Waals surface area contributed by atoms with Crippen LogP contribution in [0.5, 0.6) is 5.75 Å². The van der Waals surface area contributed by atoms with Crippen molar-refractivity contribution in [1.29, 1.82) is 0 Å². The fraction of sp³-hybridized carbons (Fsp3) is 0. The number of anilines is 1. The highest BCUT2D eigenvalue weighted by Crippen LogP contribution is 2.22. The second-order valence-electron chi connectivity index (χ2n) is 5.65. The molecule has 0 radical (unpaired) electrons. The first kappa shape index (κ1) is 19.1. The maximum absolute atomic E-state index is 12.2. The number of carbonyl (C=O) groups excluding carboxylic acids is 2. The van der Waals surface area contributed by atoms with Crippen LogP contribution in [0.15, 0.2) is 72.8 Å². The lowest BCUT2D eigenvalue weighted by atomic mass is 10.2. The minimum Gasteiger partial charge on any atom is -0.423 e. The second kappa shape index (κ2) is 8.32. The van der Waals surface area contributed by atoms with E-state index in [1.807, 2.05) is 0 Å². The van der Waals surface area contributed by atoms with Crippen molar-refractivity contribution in [2.75, 3.05) is 5.32 Å². The van der Waals surface area contributed by atoms with Gasteiger partial charge < -0.3 is 10.1 Å². The van der Waals surface area contributed by atoms with Crippen molar-refractivity contribution >= 4 is 34.9 Å². The summed E-state index contributed by atoms with van der Waals surface area (Å²) in [5, 5.41) is 14.2. The molecule has 0 aliphatic carbocycles. The van der Waals surface area contributed by atoms with Gasteiger partial charge in [0.05, 0.1) is 4.92 Å². The van der Waals surface area contributed by atoms with E-state index in [1.54, 1.807) is 36.4 Å². The van der Waals surface area contributed by atoms with Gasteiger partial charge in [-0.3, -0.25) is 14.9 Å². The number of hydrogen-bond donors (Lipinski definition) is 1. The largest absolute Gasteiger partial charge is 0.423 e. The van der Waals surface area contributed by atoms with E-state index in [2.05, 4.69) is 5.32 Å². The SMILES string of the molecule is O=C(Nc1ccc(OC(=O)c2ccccc2[N+](=O)[O-])cc1)c1ccc(Cl)cc1. The molecule has 8 heteroatoms. The molecule has 3 aromatic rings. The third-order valence-electron chi connectivity index (χ3n) is 3.75. The number of nitro benzene ring substituents is 1. The predicted octanol–water partition coefficient (Wildman–Crippen LogP) is 4.72. The van der Waals surface area contributed by atoms with Crippen molar-refractivity contribution in [1.82, 2.24) is 0 Å². The number of halogens is 1. The Labute approximate surface area is 164 Å². The molecule has 0 spiro atoms. The maximum Gasteiger partial charge on any atom is 0.350 e. The van der Waals surface area contributed by atoms with Crippen LogP contribution in [0.3, 0.4) is 0 Å². The van der Waals surface area contributed by atoms with Crippen LogP contribution in [0, 0.1) is 10.1 Å². The maximum atomic E-state index is 12.2. The molecule has 140 valence electrons. The summed E-state index contributed by atoms with van der Waals surface area (Å²) in [5.41, 5.74) is 0.452. The van der Waals surface area contributed by atoms with Gasteiger partial charge in [-0.05, 0) is 54.6 Å². The molecule has 0 aliphatic heterocycles. The highest BCUT2D eigenvalue weighted by Gasteiger charge is 2.21. The van der Waals surface area contributed by atoms with Gasteiger partial charge in [-0.15, -0.1) is 0 Å². The molecule has 7 nitrogen and oxygen atoms in total. The predicted molar refractivity (Wildman–Crippen MR) is 104 cm³/mol. The molecule has 0 aromatic heterocycles. The van der Waals surface area contributed by atoms with E-state index in [0.29, 0.717) is 16.3 Å². The number of carbonyl (C=O) groups is 2. The number of nitro groups is 1. The van der Waals surface area contributed by atoms with Crippen LogP contribution in [0.1, 0.15) is 20.7 Å². The molecule has 1 amide bonds. The van der Waals surface area contributed by atoms with E-state index in [1.165, 1.54) is 36.4 Å². The van der Waals surface area contributed by atoms with E-state index in [0.717, 1.165) is 0 Å². The van der Waals surface area contributed by atoms with Crippen LogP contribution in [-0.2, 0) is 0 Å². The molecule has 3 rings (SSSR count). The summed E-state index contributed by atoms with van der Waals surface area (Å²) < 4.78 is 5.18. The fourth-order valence-corrected chi connectivity index (χ4v) is 2.50. The van der Waals surface area contributed by atoms with Crippen LogP contribution in [0.25, 0.3) is 0 Å². The third-order valence-corrected chi connectivity index (χ3v) is 4.00. The van der Waals surface area contributed by atoms with Crippen molar-refractivity contribution in [2.24, 2.45) is 0 Å². The molecule has 28 heavy (non-hydrogen) atoms. The van der Waals surface area contributed by atoms with Crippen molar-refractivity contribution < 1.29 is 19.2 Å². The van der Waals surface area contributed by atoms with Gasteiger partial charge in [-0.2, -0.15) is 0 Å². The molecule has 0 bridgehead atoms. The van der Waals surface area contributed by atoms with Gasteiger partial charge in [0.1, 0.15) is 11.3 Å². The highest BCUT2D eigenvalue weighted by atomic mass is 35.5. The Bertz CT molecular complexity index is 1030. The minimum atomic E-state index is -0.842. The molecule has 0 unspecified atom stereocenters. The Kier molecular flexibility index (Phi) is 5.67. The first-order valence-electron chi connectivity index (χ1n) is 8.06. The molecule has 0 saturated carbocycles. The number of esters is 1. The van der Waals surface area contributed by atoms with Crippen LogP contribution in [-0.4, -0.2) is 16.8 Å². The molecular weight excluding hydrogens is 384 g/mol. The molecule has 0 saturated heterocycles. The van der Waals surface area contributed by atoms with E-state index >= 15 is 0 Å². The van der Waals surface area contributed by atoms with E-state index < -0.39 is 10.9 Å². The Morgan fingerprint density at radius 1 is 0.929 bits per heavy atom. The monoisotopic (exact) mass is 396 g/mol. The van der Waals surface area contributed by atoms with Crippen LogP contribution in [0.4, 0.5) is 11.4 Å². The van der Waals surface area contributed by atoms with Gasteiger partial charge in [-0.1, -0.05) is 23.7 Å². The zero-order chi connectivity index (χ0) is 20.1. The van der Waals surface area contributed by atoms with Gasteiger partial charge in [0, 0.05) is 22.3 Å². The summed E-state index contributed by atoms with van der Waals surface area (Å²) in [7, 11) is 0. The van der Waals surface area contributed by atoms with Crippen molar-refractivity contribution in [2.45, 2.75) is 0 Å². The number of nitrogens with zero attached hydrogens (tertiary/aromatic N) is 1. The number of benzene rings is 3. The molecular formula is C20H13ClN2O5. The van der Waals surface area contributed by atoms with Crippen molar-refractivity contribution in [3.8, 4) is 5.75 Å². The van der Waals surface area contributed by atoms with Crippen LogP contribution < -0.4 is 10.1 Å². The van der Waals surface area contributed by atoms with Crippen molar-refractivity contribution in [3.05, 3.63) is 99.1 Å². The van der Waals surface area contributed by atoms with Crippen LogP contribution in [0.2, 0.25) is 5.02 Å². The summed E-state index contributed by atoms with van der Waals surface area (Å²) >= 11 is 5.80. The number of nitrogens with one attached hydrogen (secondary N) is 1. The topological polar surface area (TPSA) is 98.5 Å². The summed E-state index contributed by atoms with van der Waals surface area (Å²) in [6, 6.07) is 18.0.